The fourth-order valence-electron chi connectivity index (χ4n) is 2.84. The number of hydrogen-bond donors (Lipinski definition) is 1. The fraction of sp³-hybridized carbons (Fsp3) is 0.250. The van der Waals surface area contributed by atoms with E-state index >= 15 is 0 Å². The minimum Gasteiger partial charge on any atom is -0.493 e. The third-order valence-corrected chi connectivity index (χ3v) is 5.20. The summed E-state index contributed by atoms with van der Waals surface area (Å²) >= 11 is 6.06. The topological polar surface area (TPSA) is 63.6 Å². The first-order valence-electron chi connectivity index (χ1n) is 7.18. The molecule has 1 N–H and O–H groups in total. The molecule has 0 saturated heterocycles. The zero-order valence-electron chi connectivity index (χ0n) is 12.5. The fourth-order valence-corrected chi connectivity index (χ4v) is 3.65. The van der Waals surface area contributed by atoms with Crippen LogP contribution in [-0.4, -0.2) is 19.6 Å². The average Bonchev–Trinajstić information content (AvgIpc) is 2.52. The van der Waals surface area contributed by atoms with E-state index in [0.717, 1.165) is 12.1 Å². The Kier molecular flexibility index (Phi) is 4.47. The Balaban J connectivity index is 2.04. The molecule has 0 fully saturated rings. The SMILES string of the molecule is O=S(=O)(O)c1ccc2c(c1)OCCC2c1ccc(C(F)(F)F)cc1Cl. The van der Waals surface area contributed by atoms with Crippen LogP contribution in [0.3, 0.4) is 0 Å². The molecule has 1 aliphatic heterocycles. The van der Waals surface area contributed by atoms with Crippen molar-refractivity contribution in [2.24, 2.45) is 0 Å². The van der Waals surface area contributed by atoms with Crippen molar-refractivity contribution in [3.63, 3.8) is 0 Å². The summed E-state index contributed by atoms with van der Waals surface area (Å²) in [6.07, 6.45) is -4.01. The summed E-state index contributed by atoms with van der Waals surface area (Å²) in [4.78, 5) is -0.314. The van der Waals surface area contributed by atoms with E-state index in [0.29, 0.717) is 17.5 Å². The second-order valence-corrected chi connectivity index (χ2v) is 7.43. The molecular weight excluding hydrogens is 381 g/mol. The lowest BCUT2D eigenvalue weighted by Crippen LogP contribution is -2.16. The van der Waals surface area contributed by atoms with Crippen LogP contribution in [0.1, 0.15) is 29.0 Å². The molecule has 9 heteroatoms. The van der Waals surface area contributed by atoms with Crippen LogP contribution >= 0.6 is 11.6 Å². The Bertz CT molecular complexity index is 925. The molecule has 0 saturated carbocycles. The smallest absolute Gasteiger partial charge is 0.416 e. The standard InChI is InChI=1S/C16H12ClF3O4S/c17-14-7-9(16(18,19)20)1-3-12(14)11-5-6-24-15-8-10(25(21,22)23)2-4-13(11)15/h1-4,7-8,11H,5-6H2,(H,21,22,23). The van der Waals surface area contributed by atoms with Crippen LogP contribution in [0.5, 0.6) is 5.75 Å². The second kappa shape index (κ2) is 6.19. The summed E-state index contributed by atoms with van der Waals surface area (Å²) in [5, 5.41) is -0.0217. The van der Waals surface area contributed by atoms with Crippen molar-refractivity contribution in [2.75, 3.05) is 6.61 Å². The summed E-state index contributed by atoms with van der Waals surface area (Å²) in [6, 6.07) is 7.03. The van der Waals surface area contributed by atoms with Crippen molar-refractivity contribution in [1.29, 1.82) is 0 Å². The van der Waals surface area contributed by atoms with Crippen molar-refractivity contribution in [2.45, 2.75) is 23.4 Å². The van der Waals surface area contributed by atoms with Gasteiger partial charge in [0.25, 0.3) is 10.1 Å². The molecule has 1 atom stereocenters. The van der Waals surface area contributed by atoms with Crippen molar-refractivity contribution in [3.8, 4) is 5.75 Å². The number of ether oxygens (including phenoxy) is 1. The molecule has 0 radical (unpaired) electrons. The predicted octanol–water partition coefficient (Wildman–Crippen LogP) is 4.52. The molecule has 1 heterocycles. The van der Waals surface area contributed by atoms with E-state index in [9.17, 15) is 21.6 Å². The number of fused-ring (bicyclic) bond motifs is 1. The Morgan fingerprint density at radius 3 is 2.40 bits per heavy atom. The summed E-state index contributed by atoms with van der Waals surface area (Å²) in [5.41, 5.74) is 0.259. The zero-order chi connectivity index (χ0) is 18.4. The summed E-state index contributed by atoms with van der Waals surface area (Å²) in [6.45, 7) is 0.240. The lowest BCUT2D eigenvalue weighted by Gasteiger charge is -2.27. The molecule has 0 bridgehead atoms. The number of rotatable bonds is 2. The van der Waals surface area contributed by atoms with Gasteiger partial charge in [-0.1, -0.05) is 23.7 Å². The molecule has 4 nitrogen and oxygen atoms in total. The van der Waals surface area contributed by atoms with Crippen LogP contribution in [-0.2, 0) is 16.3 Å². The summed E-state index contributed by atoms with van der Waals surface area (Å²) < 4.78 is 75.3. The molecule has 2 aromatic carbocycles. The van der Waals surface area contributed by atoms with E-state index in [2.05, 4.69) is 0 Å². The van der Waals surface area contributed by atoms with E-state index in [-0.39, 0.29) is 28.2 Å². The van der Waals surface area contributed by atoms with Gasteiger partial charge >= 0.3 is 6.18 Å². The van der Waals surface area contributed by atoms with Gasteiger partial charge in [-0.2, -0.15) is 21.6 Å². The van der Waals surface area contributed by atoms with E-state index < -0.39 is 21.9 Å². The molecule has 25 heavy (non-hydrogen) atoms. The number of halogens is 4. The molecule has 3 rings (SSSR count). The molecule has 0 aliphatic carbocycles. The molecule has 134 valence electrons. The van der Waals surface area contributed by atoms with E-state index in [1.807, 2.05) is 0 Å². The quantitative estimate of drug-likeness (QED) is 0.763. The normalized spacial score (nSPS) is 17.7. The van der Waals surface area contributed by atoms with Crippen LogP contribution in [0.2, 0.25) is 5.02 Å². The average molecular weight is 393 g/mol. The van der Waals surface area contributed by atoms with Gasteiger partial charge in [0.05, 0.1) is 17.1 Å². The Hall–Kier alpha value is -1.77. The van der Waals surface area contributed by atoms with Gasteiger partial charge in [0.1, 0.15) is 5.75 Å². The molecule has 0 spiro atoms. The molecule has 2 aromatic rings. The highest BCUT2D eigenvalue weighted by Gasteiger charge is 2.32. The molecule has 0 amide bonds. The van der Waals surface area contributed by atoms with Crippen LogP contribution in [0.4, 0.5) is 13.2 Å². The molecular formula is C16H12ClF3O4S. The number of benzene rings is 2. The van der Waals surface area contributed by atoms with E-state index in [1.54, 1.807) is 0 Å². The second-order valence-electron chi connectivity index (χ2n) is 5.60. The Labute approximate surface area is 146 Å². The first-order chi connectivity index (χ1) is 11.6. The number of hydrogen-bond acceptors (Lipinski definition) is 3. The van der Waals surface area contributed by atoms with E-state index in [1.165, 1.54) is 24.3 Å². The van der Waals surface area contributed by atoms with Crippen LogP contribution in [0.15, 0.2) is 41.3 Å². The summed E-state index contributed by atoms with van der Waals surface area (Å²) in [5.74, 6) is -0.0867. The van der Waals surface area contributed by atoms with Gasteiger partial charge in [0.2, 0.25) is 0 Å². The van der Waals surface area contributed by atoms with Crippen molar-refractivity contribution >= 4 is 21.7 Å². The van der Waals surface area contributed by atoms with E-state index in [4.69, 9.17) is 20.9 Å². The molecule has 1 unspecified atom stereocenters. The minimum atomic E-state index is -4.49. The molecule has 1 aliphatic rings. The van der Waals surface area contributed by atoms with Crippen LogP contribution in [0.25, 0.3) is 0 Å². The highest BCUT2D eigenvalue weighted by Crippen LogP contribution is 2.42. The van der Waals surface area contributed by atoms with Gasteiger partial charge < -0.3 is 4.74 Å². The van der Waals surface area contributed by atoms with Gasteiger partial charge in [-0.3, -0.25) is 4.55 Å². The Morgan fingerprint density at radius 1 is 1.12 bits per heavy atom. The van der Waals surface area contributed by atoms with Crippen LogP contribution in [0, 0.1) is 0 Å². The first kappa shape index (κ1) is 18.0. The highest BCUT2D eigenvalue weighted by atomic mass is 35.5. The van der Waals surface area contributed by atoms with Crippen molar-refractivity contribution in [1.82, 2.24) is 0 Å². The first-order valence-corrected chi connectivity index (χ1v) is 9.00. The van der Waals surface area contributed by atoms with Crippen molar-refractivity contribution in [3.05, 3.63) is 58.1 Å². The van der Waals surface area contributed by atoms with Gasteiger partial charge in [-0.25, -0.2) is 0 Å². The maximum absolute atomic E-state index is 12.8. The van der Waals surface area contributed by atoms with Crippen LogP contribution < -0.4 is 4.74 Å². The highest BCUT2D eigenvalue weighted by molar-refractivity contribution is 7.85. The van der Waals surface area contributed by atoms with Gasteiger partial charge in [0, 0.05) is 22.6 Å². The van der Waals surface area contributed by atoms with Gasteiger partial charge in [-0.05, 0) is 30.2 Å². The largest absolute Gasteiger partial charge is 0.493 e. The predicted molar refractivity (Wildman–Crippen MR) is 84.7 cm³/mol. The van der Waals surface area contributed by atoms with Crippen molar-refractivity contribution < 1.29 is 30.9 Å². The molecule has 0 aromatic heterocycles. The maximum atomic E-state index is 12.8. The van der Waals surface area contributed by atoms with Gasteiger partial charge in [-0.15, -0.1) is 0 Å². The monoisotopic (exact) mass is 392 g/mol. The minimum absolute atomic E-state index is 0.0217. The lowest BCUT2D eigenvalue weighted by atomic mass is 9.86. The number of alkyl halides is 3. The zero-order valence-corrected chi connectivity index (χ0v) is 14.1. The Morgan fingerprint density at radius 2 is 1.80 bits per heavy atom. The third-order valence-electron chi connectivity index (χ3n) is 4.03. The summed E-state index contributed by atoms with van der Waals surface area (Å²) in [7, 11) is -4.38. The maximum Gasteiger partial charge on any atom is 0.416 e. The lowest BCUT2D eigenvalue weighted by molar-refractivity contribution is -0.137. The van der Waals surface area contributed by atoms with Gasteiger partial charge in [0.15, 0.2) is 0 Å². The third kappa shape index (κ3) is 3.61.